The number of nitrogens with one attached hydrogen (secondary N) is 1. The summed E-state index contributed by atoms with van der Waals surface area (Å²) in [6.07, 6.45) is 2.34. The maximum Gasteiger partial charge on any atom is 0.357 e. The van der Waals surface area contributed by atoms with Crippen LogP contribution >= 0.6 is 0 Å². The van der Waals surface area contributed by atoms with Gasteiger partial charge in [-0.05, 0) is 24.6 Å². The highest BCUT2D eigenvalue weighted by Crippen LogP contribution is 2.23. The van der Waals surface area contributed by atoms with E-state index in [0.29, 0.717) is 5.56 Å². The Bertz CT molecular complexity index is 377. The minimum Gasteiger partial charge on any atom is -0.476 e. The van der Waals surface area contributed by atoms with Crippen molar-refractivity contribution in [3.8, 4) is 0 Å². The number of carboxylic acid groups (broad SMARTS) is 1. The van der Waals surface area contributed by atoms with Gasteiger partial charge in [-0.25, -0.2) is 14.2 Å². The summed E-state index contributed by atoms with van der Waals surface area (Å²) >= 11 is 0. The largest absolute Gasteiger partial charge is 0.476 e. The lowest BCUT2D eigenvalue weighted by atomic mass is 9.99. The third-order valence-corrected chi connectivity index (χ3v) is 2.29. The van der Waals surface area contributed by atoms with Gasteiger partial charge in [0.25, 0.3) is 0 Å². The van der Waals surface area contributed by atoms with Crippen LogP contribution in [0.4, 0.5) is 4.39 Å². The Hall–Kier alpha value is -1.49. The molecular formula is C9H9FN2O2. The van der Waals surface area contributed by atoms with E-state index in [-0.39, 0.29) is 6.04 Å². The highest BCUT2D eigenvalue weighted by Gasteiger charge is 2.21. The third-order valence-electron chi connectivity index (χ3n) is 2.29. The molecule has 1 fully saturated rings. The molecule has 4 nitrogen and oxygen atoms in total. The van der Waals surface area contributed by atoms with Crippen molar-refractivity contribution in [2.24, 2.45) is 0 Å². The molecule has 2 N–H and O–H groups in total. The number of carbonyl (C=O) groups is 1. The first-order valence-corrected chi connectivity index (χ1v) is 4.30. The molecule has 1 aromatic rings. The standard InChI is InChI=1S/C9H9FN2O2/c10-6-3-5(7-1-2-11-7)4-12-8(6)9(13)14/h3-4,7,11H,1-2H2,(H,13,14)/t7-/m0/s1. The van der Waals surface area contributed by atoms with Crippen LogP contribution in [0.15, 0.2) is 12.3 Å². The van der Waals surface area contributed by atoms with E-state index in [1.54, 1.807) is 0 Å². The summed E-state index contributed by atoms with van der Waals surface area (Å²) in [5, 5.41) is 11.6. The van der Waals surface area contributed by atoms with Gasteiger partial charge in [0.2, 0.25) is 0 Å². The van der Waals surface area contributed by atoms with Gasteiger partial charge in [0, 0.05) is 12.2 Å². The van der Waals surface area contributed by atoms with Gasteiger partial charge < -0.3 is 10.4 Å². The normalized spacial score (nSPS) is 20.2. The molecule has 0 amide bonds. The average molecular weight is 196 g/mol. The number of rotatable bonds is 2. The Morgan fingerprint density at radius 1 is 1.71 bits per heavy atom. The molecule has 0 spiro atoms. The number of aromatic carboxylic acids is 1. The van der Waals surface area contributed by atoms with Crippen LogP contribution in [0.5, 0.6) is 0 Å². The summed E-state index contributed by atoms with van der Waals surface area (Å²) in [6, 6.07) is 1.35. The number of halogens is 1. The van der Waals surface area contributed by atoms with Gasteiger partial charge in [-0.3, -0.25) is 0 Å². The Kier molecular flexibility index (Phi) is 2.17. The zero-order valence-corrected chi connectivity index (χ0v) is 7.33. The SMILES string of the molecule is O=C(O)c1ncc([C@@H]2CCN2)cc1F. The van der Waals surface area contributed by atoms with E-state index >= 15 is 0 Å². The fourth-order valence-electron chi connectivity index (χ4n) is 1.37. The molecule has 0 unspecified atom stereocenters. The van der Waals surface area contributed by atoms with Gasteiger partial charge in [0.1, 0.15) is 0 Å². The second kappa shape index (κ2) is 3.34. The maximum absolute atomic E-state index is 13.2. The van der Waals surface area contributed by atoms with Gasteiger partial charge in [-0.2, -0.15) is 0 Å². The van der Waals surface area contributed by atoms with Crippen molar-refractivity contribution >= 4 is 5.97 Å². The zero-order chi connectivity index (χ0) is 10.1. The summed E-state index contributed by atoms with van der Waals surface area (Å²) in [4.78, 5) is 14.0. The molecule has 0 bridgehead atoms. The molecule has 1 aromatic heterocycles. The molecule has 0 radical (unpaired) electrons. The van der Waals surface area contributed by atoms with E-state index in [1.807, 2.05) is 0 Å². The molecule has 1 atom stereocenters. The minimum absolute atomic E-state index is 0.125. The number of hydrogen-bond acceptors (Lipinski definition) is 3. The van der Waals surface area contributed by atoms with Gasteiger partial charge in [0.05, 0.1) is 0 Å². The van der Waals surface area contributed by atoms with Gasteiger partial charge in [-0.1, -0.05) is 0 Å². The summed E-state index contributed by atoms with van der Waals surface area (Å²) in [5.41, 5.74) is 0.187. The first-order valence-electron chi connectivity index (χ1n) is 4.30. The molecule has 14 heavy (non-hydrogen) atoms. The molecule has 2 rings (SSSR count). The fraction of sp³-hybridized carbons (Fsp3) is 0.333. The first kappa shape index (κ1) is 9.08. The van der Waals surface area contributed by atoms with Crippen molar-refractivity contribution in [2.45, 2.75) is 12.5 Å². The lowest BCUT2D eigenvalue weighted by molar-refractivity contribution is 0.0685. The van der Waals surface area contributed by atoms with Crippen LogP contribution in [-0.4, -0.2) is 22.6 Å². The van der Waals surface area contributed by atoms with Crippen molar-refractivity contribution in [1.29, 1.82) is 0 Å². The lowest BCUT2D eigenvalue weighted by Crippen LogP contribution is -2.35. The Morgan fingerprint density at radius 3 is 2.86 bits per heavy atom. The number of carboxylic acids is 1. The molecule has 74 valence electrons. The van der Waals surface area contributed by atoms with Crippen molar-refractivity contribution in [3.63, 3.8) is 0 Å². The monoisotopic (exact) mass is 196 g/mol. The summed E-state index contributed by atoms with van der Waals surface area (Å²) in [7, 11) is 0. The number of nitrogens with zero attached hydrogens (tertiary/aromatic N) is 1. The van der Waals surface area contributed by atoms with E-state index in [1.165, 1.54) is 12.3 Å². The minimum atomic E-state index is -1.34. The molecule has 1 aliphatic rings. The highest BCUT2D eigenvalue weighted by atomic mass is 19.1. The van der Waals surface area contributed by atoms with Crippen LogP contribution in [0.3, 0.4) is 0 Å². The molecule has 0 aliphatic carbocycles. The van der Waals surface area contributed by atoms with Crippen LogP contribution in [0.2, 0.25) is 0 Å². The predicted octanol–water partition coefficient (Wildman–Crippen LogP) is 0.953. The molecule has 2 heterocycles. The highest BCUT2D eigenvalue weighted by molar-refractivity contribution is 5.85. The number of aromatic nitrogens is 1. The average Bonchev–Trinajstić information content (AvgIpc) is 2.00. The van der Waals surface area contributed by atoms with Crippen molar-refractivity contribution in [1.82, 2.24) is 10.3 Å². The third kappa shape index (κ3) is 1.46. The summed E-state index contributed by atoms with van der Waals surface area (Å²) in [6.45, 7) is 0.910. The smallest absolute Gasteiger partial charge is 0.357 e. The molecule has 1 saturated heterocycles. The second-order valence-corrected chi connectivity index (χ2v) is 3.20. The first-order chi connectivity index (χ1) is 6.68. The predicted molar refractivity (Wildman–Crippen MR) is 46.5 cm³/mol. The Morgan fingerprint density at radius 2 is 2.43 bits per heavy atom. The Labute approximate surface area is 79.8 Å². The van der Waals surface area contributed by atoms with E-state index in [2.05, 4.69) is 10.3 Å². The fourth-order valence-corrected chi connectivity index (χ4v) is 1.37. The van der Waals surface area contributed by atoms with E-state index in [0.717, 1.165) is 13.0 Å². The van der Waals surface area contributed by atoms with Crippen LogP contribution in [-0.2, 0) is 0 Å². The van der Waals surface area contributed by atoms with Crippen molar-refractivity contribution in [3.05, 3.63) is 29.3 Å². The maximum atomic E-state index is 13.2. The van der Waals surface area contributed by atoms with Crippen LogP contribution in [0, 0.1) is 5.82 Å². The molecule has 0 saturated carbocycles. The Balaban J connectivity index is 2.30. The van der Waals surface area contributed by atoms with Crippen LogP contribution in [0.1, 0.15) is 28.5 Å². The van der Waals surface area contributed by atoms with Gasteiger partial charge >= 0.3 is 5.97 Å². The zero-order valence-electron chi connectivity index (χ0n) is 7.33. The topological polar surface area (TPSA) is 62.2 Å². The number of pyridine rings is 1. The quantitative estimate of drug-likeness (QED) is 0.739. The van der Waals surface area contributed by atoms with Crippen molar-refractivity contribution in [2.75, 3.05) is 6.54 Å². The second-order valence-electron chi connectivity index (χ2n) is 3.20. The van der Waals surface area contributed by atoms with Crippen molar-refractivity contribution < 1.29 is 14.3 Å². The molecule has 5 heteroatoms. The van der Waals surface area contributed by atoms with Gasteiger partial charge in [-0.15, -0.1) is 0 Å². The van der Waals surface area contributed by atoms with Crippen LogP contribution in [0.25, 0.3) is 0 Å². The molecular weight excluding hydrogens is 187 g/mol. The van der Waals surface area contributed by atoms with Crippen LogP contribution < -0.4 is 5.32 Å². The molecule has 1 aliphatic heterocycles. The summed E-state index contributed by atoms with van der Waals surface area (Å²) < 4.78 is 13.2. The number of hydrogen-bond donors (Lipinski definition) is 2. The van der Waals surface area contributed by atoms with E-state index < -0.39 is 17.5 Å². The lowest BCUT2D eigenvalue weighted by Gasteiger charge is -2.27. The summed E-state index contributed by atoms with van der Waals surface area (Å²) in [5.74, 6) is -2.11. The van der Waals surface area contributed by atoms with E-state index in [4.69, 9.17) is 5.11 Å². The van der Waals surface area contributed by atoms with Gasteiger partial charge in [0.15, 0.2) is 11.5 Å². The van der Waals surface area contributed by atoms with E-state index in [9.17, 15) is 9.18 Å². The molecule has 0 aromatic carbocycles.